The molecule has 0 unspecified atom stereocenters. The number of guanidine groups is 1. The maximum absolute atomic E-state index is 4.69. The first kappa shape index (κ1) is 19.2. The predicted molar refractivity (Wildman–Crippen MR) is 104 cm³/mol. The van der Waals surface area contributed by atoms with Crippen molar-refractivity contribution in [1.29, 1.82) is 0 Å². The van der Waals surface area contributed by atoms with E-state index in [2.05, 4.69) is 41.3 Å². The molecule has 136 valence electrons. The Morgan fingerprint density at radius 3 is 2.71 bits per heavy atom. The molecular formula is C18H33N5S. The van der Waals surface area contributed by atoms with Crippen LogP contribution >= 0.6 is 11.3 Å². The average Bonchev–Trinajstić information content (AvgIpc) is 3.07. The number of piperidine rings is 1. The summed E-state index contributed by atoms with van der Waals surface area (Å²) < 4.78 is 0. The Morgan fingerprint density at radius 1 is 1.29 bits per heavy atom. The lowest BCUT2D eigenvalue weighted by atomic mass is 9.97. The fourth-order valence-corrected chi connectivity index (χ4v) is 3.83. The van der Waals surface area contributed by atoms with Crippen molar-refractivity contribution >= 4 is 17.3 Å². The number of aliphatic imine (C=N–C) groups is 1. The molecule has 1 aliphatic rings. The zero-order chi connectivity index (χ0) is 17.2. The van der Waals surface area contributed by atoms with Crippen molar-refractivity contribution in [3.05, 3.63) is 16.1 Å². The van der Waals surface area contributed by atoms with E-state index >= 15 is 0 Å². The third-order valence-corrected chi connectivity index (χ3v) is 5.60. The van der Waals surface area contributed by atoms with Gasteiger partial charge in [0.25, 0.3) is 0 Å². The molecule has 24 heavy (non-hydrogen) atoms. The first-order valence-electron chi connectivity index (χ1n) is 9.43. The summed E-state index contributed by atoms with van der Waals surface area (Å²) in [6.07, 6.45) is 6.87. The molecule has 0 aliphatic carbocycles. The van der Waals surface area contributed by atoms with Gasteiger partial charge in [-0.15, -0.1) is 11.3 Å². The summed E-state index contributed by atoms with van der Waals surface area (Å²) >= 11 is 1.76. The number of thiazole rings is 1. The average molecular weight is 352 g/mol. The minimum Gasteiger partial charge on any atom is -0.357 e. The Labute approximate surface area is 151 Å². The van der Waals surface area contributed by atoms with Crippen LogP contribution in [0.25, 0.3) is 0 Å². The molecule has 2 rings (SSSR count). The van der Waals surface area contributed by atoms with E-state index in [0.29, 0.717) is 6.54 Å². The summed E-state index contributed by atoms with van der Waals surface area (Å²) in [6, 6.07) is 0. The van der Waals surface area contributed by atoms with Crippen molar-refractivity contribution in [3.63, 3.8) is 0 Å². The SMILES string of the molecule is CCCN1CCC(CNC(=NCc2ncc(CC)s2)NCC)CC1. The molecule has 0 radical (unpaired) electrons. The van der Waals surface area contributed by atoms with Crippen LogP contribution < -0.4 is 10.6 Å². The van der Waals surface area contributed by atoms with Crippen LogP contribution in [0.2, 0.25) is 0 Å². The topological polar surface area (TPSA) is 52.5 Å². The van der Waals surface area contributed by atoms with E-state index in [4.69, 9.17) is 4.99 Å². The number of likely N-dealkylation sites (tertiary alicyclic amines) is 1. The molecule has 0 atom stereocenters. The summed E-state index contributed by atoms with van der Waals surface area (Å²) in [7, 11) is 0. The van der Waals surface area contributed by atoms with Crippen molar-refractivity contribution < 1.29 is 0 Å². The van der Waals surface area contributed by atoms with E-state index in [1.165, 1.54) is 43.8 Å². The summed E-state index contributed by atoms with van der Waals surface area (Å²) in [5.41, 5.74) is 0. The maximum Gasteiger partial charge on any atom is 0.191 e. The molecule has 2 heterocycles. The highest BCUT2D eigenvalue weighted by molar-refractivity contribution is 7.11. The number of rotatable bonds is 8. The lowest BCUT2D eigenvalue weighted by molar-refractivity contribution is 0.185. The molecule has 0 aromatic carbocycles. The Bertz CT molecular complexity index is 491. The van der Waals surface area contributed by atoms with Crippen molar-refractivity contribution in [3.8, 4) is 0 Å². The van der Waals surface area contributed by atoms with Gasteiger partial charge in [0.2, 0.25) is 0 Å². The summed E-state index contributed by atoms with van der Waals surface area (Å²) in [6.45, 7) is 12.8. The Hall–Kier alpha value is -1.14. The lowest BCUT2D eigenvalue weighted by Crippen LogP contribution is -2.43. The molecule has 0 bridgehead atoms. The van der Waals surface area contributed by atoms with Gasteiger partial charge in [-0.25, -0.2) is 9.98 Å². The summed E-state index contributed by atoms with van der Waals surface area (Å²) in [4.78, 5) is 13.1. The summed E-state index contributed by atoms with van der Waals surface area (Å²) in [5.74, 6) is 1.68. The fourth-order valence-electron chi connectivity index (χ4n) is 3.04. The largest absolute Gasteiger partial charge is 0.357 e. The highest BCUT2D eigenvalue weighted by Crippen LogP contribution is 2.16. The second-order valence-corrected chi connectivity index (χ2v) is 7.63. The number of nitrogens with one attached hydrogen (secondary N) is 2. The van der Waals surface area contributed by atoms with Crippen LogP contribution in [0.15, 0.2) is 11.2 Å². The molecule has 0 amide bonds. The molecule has 5 nitrogen and oxygen atoms in total. The van der Waals surface area contributed by atoms with Crippen molar-refractivity contribution in [2.45, 2.75) is 53.0 Å². The smallest absolute Gasteiger partial charge is 0.191 e. The van der Waals surface area contributed by atoms with Crippen LogP contribution in [-0.2, 0) is 13.0 Å². The quantitative estimate of drug-likeness (QED) is 0.558. The van der Waals surface area contributed by atoms with E-state index in [0.717, 1.165) is 36.4 Å². The fraction of sp³-hybridized carbons (Fsp3) is 0.778. The van der Waals surface area contributed by atoms with Crippen LogP contribution in [-0.4, -0.2) is 48.6 Å². The third-order valence-electron chi connectivity index (χ3n) is 4.47. The van der Waals surface area contributed by atoms with Crippen LogP contribution in [0.1, 0.15) is 49.9 Å². The highest BCUT2D eigenvalue weighted by Gasteiger charge is 2.18. The zero-order valence-electron chi connectivity index (χ0n) is 15.5. The van der Waals surface area contributed by atoms with Crippen LogP contribution in [0.5, 0.6) is 0 Å². The standard InChI is InChI=1S/C18H33N5S/c1-4-9-23-10-7-15(8-11-23)12-21-18(19-6-3)22-14-17-20-13-16(5-2)24-17/h13,15H,4-12,14H2,1-3H3,(H2,19,21,22). The predicted octanol–water partition coefficient (Wildman–Crippen LogP) is 2.88. The molecular weight excluding hydrogens is 318 g/mol. The van der Waals surface area contributed by atoms with Crippen molar-refractivity contribution in [2.75, 3.05) is 32.7 Å². The van der Waals surface area contributed by atoms with E-state index < -0.39 is 0 Å². The van der Waals surface area contributed by atoms with Gasteiger partial charge in [0, 0.05) is 24.2 Å². The van der Waals surface area contributed by atoms with Gasteiger partial charge in [-0.05, 0) is 58.2 Å². The molecule has 1 saturated heterocycles. The molecule has 0 saturated carbocycles. The van der Waals surface area contributed by atoms with Crippen molar-refractivity contribution in [2.24, 2.45) is 10.9 Å². The lowest BCUT2D eigenvalue weighted by Gasteiger charge is -2.32. The van der Waals surface area contributed by atoms with Gasteiger partial charge in [-0.3, -0.25) is 0 Å². The van der Waals surface area contributed by atoms with Crippen LogP contribution in [0, 0.1) is 5.92 Å². The first-order chi connectivity index (χ1) is 11.7. The molecule has 1 aromatic rings. The second-order valence-electron chi connectivity index (χ2n) is 6.43. The normalized spacial score (nSPS) is 17.2. The molecule has 6 heteroatoms. The number of hydrogen-bond acceptors (Lipinski definition) is 4. The van der Waals surface area contributed by atoms with Gasteiger partial charge in [0.15, 0.2) is 5.96 Å². The minimum absolute atomic E-state index is 0.662. The Balaban J connectivity index is 1.77. The second kappa shape index (κ2) is 10.7. The molecule has 1 aliphatic heterocycles. The van der Waals surface area contributed by atoms with E-state index in [-0.39, 0.29) is 0 Å². The van der Waals surface area contributed by atoms with Crippen LogP contribution in [0.3, 0.4) is 0 Å². The number of hydrogen-bond donors (Lipinski definition) is 2. The number of aromatic nitrogens is 1. The van der Waals surface area contributed by atoms with E-state index in [1.54, 1.807) is 11.3 Å². The summed E-state index contributed by atoms with van der Waals surface area (Å²) in [5, 5.41) is 7.97. The van der Waals surface area contributed by atoms with Crippen LogP contribution in [0.4, 0.5) is 0 Å². The number of nitrogens with zero attached hydrogens (tertiary/aromatic N) is 3. The maximum atomic E-state index is 4.69. The molecule has 1 fully saturated rings. The van der Waals surface area contributed by atoms with Gasteiger partial charge >= 0.3 is 0 Å². The van der Waals surface area contributed by atoms with Gasteiger partial charge in [-0.1, -0.05) is 13.8 Å². The zero-order valence-corrected chi connectivity index (χ0v) is 16.3. The molecule has 1 aromatic heterocycles. The monoisotopic (exact) mass is 351 g/mol. The third kappa shape index (κ3) is 6.40. The minimum atomic E-state index is 0.662. The Morgan fingerprint density at radius 2 is 2.08 bits per heavy atom. The highest BCUT2D eigenvalue weighted by atomic mass is 32.1. The van der Waals surface area contributed by atoms with Crippen molar-refractivity contribution in [1.82, 2.24) is 20.5 Å². The molecule has 0 spiro atoms. The van der Waals surface area contributed by atoms with E-state index in [1.807, 2.05) is 6.20 Å². The van der Waals surface area contributed by atoms with Gasteiger partial charge < -0.3 is 15.5 Å². The van der Waals surface area contributed by atoms with E-state index in [9.17, 15) is 0 Å². The van der Waals surface area contributed by atoms with Gasteiger partial charge in [0.1, 0.15) is 5.01 Å². The molecule has 2 N–H and O–H groups in total. The number of aryl methyl sites for hydroxylation is 1. The van der Waals surface area contributed by atoms with Gasteiger partial charge in [0.05, 0.1) is 6.54 Å². The van der Waals surface area contributed by atoms with Gasteiger partial charge in [-0.2, -0.15) is 0 Å². The Kier molecular flexibility index (Phi) is 8.53. The first-order valence-corrected chi connectivity index (χ1v) is 10.2.